The molecule has 0 N–H and O–H groups in total. The summed E-state index contributed by atoms with van der Waals surface area (Å²) in [6.45, 7) is 6.57. The molecule has 0 fully saturated rings. The van der Waals surface area contributed by atoms with E-state index in [0.29, 0.717) is 6.61 Å². The zero-order chi connectivity index (χ0) is 11.8. The number of carbonyl (C=O) groups is 1. The lowest BCUT2D eigenvalue weighted by Gasteiger charge is -2.26. The van der Waals surface area contributed by atoms with Gasteiger partial charge in [0.15, 0.2) is 0 Å². The van der Waals surface area contributed by atoms with Crippen LogP contribution in [0.25, 0.3) is 0 Å². The first-order chi connectivity index (χ1) is 7.57. The predicted molar refractivity (Wildman–Crippen MR) is 63.3 cm³/mol. The highest BCUT2D eigenvalue weighted by Crippen LogP contribution is 2.43. The molecule has 0 saturated heterocycles. The molecule has 1 aromatic carbocycles. The first-order valence-electron chi connectivity index (χ1n) is 5.82. The highest BCUT2D eigenvalue weighted by atomic mass is 16.5. The molecule has 16 heavy (non-hydrogen) atoms. The van der Waals surface area contributed by atoms with E-state index >= 15 is 0 Å². The van der Waals surface area contributed by atoms with E-state index in [9.17, 15) is 4.79 Å². The molecule has 0 heterocycles. The zero-order valence-corrected chi connectivity index (χ0v) is 10.1. The fourth-order valence-corrected chi connectivity index (χ4v) is 2.61. The molecule has 2 rings (SSSR count). The Hall–Kier alpha value is -1.31. The van der Waals surface area contributed by atoms with Crippen LogP contribution in [0.2, 0.25) is 0 Å². The maximum Gasteiger partial charge on any atom is 0.310 e. The number of ether oxygens (including phenoxy) is 1. The molecule has 86 valence electrons. The summed E-state index contributed by atoms with van der Waals surface area (Å²) < 4.78 is 5.15. The van der Waals surface area contributed by atoms with E-state index in [0.717, 1.165) is 6.42 Å². The Bertz CT molecular complexity index is 407. The number of hydrogen-bond donors (Lipinski definition) is 0. The summed E-state index contributed by atoms with van der Waals surface area (Å²) in [5.74, 6) is -0.103. The van der Waals surface area contributed by atoms with Gasteiger partial charge in [-0.25, -0.2) is 0 Å². The molecule has 0 spiro atoms. The Morgan fingerprint density at radius 3 is 2.75 bits per heavy atom. The van der Waals surface area contributed by atoms with E-state index < -0.39 is 0 Å². The Kier molecular flexibility index (Phi) is 2.75. The number of carbonyl (C=O) groups excluding carboxylic acids is 1. The van der Waals surface area contributed by atoms with Crippen LogP contribution in [0.5, 0.6) is 0 Å². The molecule has 0 bridgehead atoms. The fourth-order valence-electron chi connectivity index (χ4n) is 2.61. The number of fused-ring (bicyclic) bond motifs is 1. The van der Waals surface area contributed by atoms with E-state index in [1.165, 1.54) is 11.1 Å². The number of hydrogen-bond acceptors (Lipinski definition) is 2. The number of esters is 1. The summed E-state index contributed by atoms with van der Waals surface area (Å²) in [7, 11) is 0. The molecular formula is C14H18O2. The van der Waals surface area contributed by atoms with E-state index in [2.05, 4.69) is 26.0 Å². The van der Waals surface area contributed by atoms with E-state index in [4.69, 9.17) is 4.74 Å². The third kappa shape index (κ3) is 1.62. The lowest BCUT2D eigenvalue weighted by Crippen LogP contribution is -2.32. The molecule has 1 atom stereocenters. The van der Waals surface area contributed by atoms with E-state index in [1.54, 1.807) is 0 Å². The summed E-state index contributed by atoms with van der Waals surface area (Å²) in [4.78, 5) is 11.9. The molecular weight excluding hydrogens is 200 g/mol. The van der Waals surface area contributed by atoms with Crippen LogP contribution in [-0.4, -0.2) is 12.6 Å². The summed E-state index contributed by atoms with van der Waals surface area (Å²) in [6, 6.07) is 8.29. The first kappa shape index (κ1) is 11.2. The van der Waals surface area contributed by atoms with Gasteiger partial charge in [-0.1, -0.05) is 38.1 Å². The average molecular weight is 218 g/mol. The summed E-state index contributed by atoms with van der Waals surface area (Å²) in [5, 5.41) is 0. The molecule has 0 saturated carbocycles. The van der Waals surface area contributed by atoms with Crippen molar-refractivity contribution in [3.63, 3.8) is 0 Å². The van der Waals surface area contributed by atoms with Gasteiger partial charge in [-0.3, -0.25) is 4.79 Å². The van der Waals surface area contributed by atoms with Crippen molar-refractivity contribution in [3.05, 3.63) is 35.4 Å². The van der Waals surface area contributed by atoms with Gasteiger partial charge in [-0.15, -0.1) is 0 Å². The van der Waals surface area contributed by atoms with Crippen molar-refractivity contribution in [1.29, 1.82) is 0 Å². The summed E-state index contributed by atoms with van der Waals surface area (Å²) in [5.41, 5.74) is 2.46. The molecule has 2 heteroatoms. The van der Waals surface area contributed by atoms with Crippen LogP contribution in [0.3, 0.4) is 0 Å². The molecule has 1 aromatic rings. The van der Waals surface area contributed by atoms with Crippen LogP contribution in [0, 0.1) is 5.92 Å². The highest BCUT2D eigenvalue weighted by molar-refractivity contribution is 5.76. The maximum atomic E-state index is 11.9. The van der Waals surface area contributed by atoms with Gasteiger partial charge in [-0.05, 0) is 24.5 Å². The Labute approximate surface area is 96.6 Å². The smallest absolute Gasteiger partial charge is 0.310 e. The second-order valence-corrected chi connectivity index (χ2v) is 4.89. The van der Waals surface area contributed by atoms with Gasteiger partial charge in [0.2, 0.25) is 0 Å². The lowest BCUT2D eigenvalue weighted by atomic mass is 9.78. The van der Waals surface area contributed by atoms with Crippen molar-refractivity contribution in [2.75, 3.05) is 6.61 Å². The second kappa shape index (κ2) is 3.93. The quantitative estimate of drug-likeness (QED) is 0.713. The minimum Gasteiger partial charge on any atom is -0.466 e. The van der Waals surface area contributed by atoms with Gasteiger partial charge in [0.1, 0.15) is 0 Å². The second-order valence-electron chi connectivity index (χ2n) is 4.89. The largest absolute Gasteiger partial charge is 0.466 e. The van der Waals surface area contributed by atoms with Gasteiger partial charge in [0, 0.05) is 5.41 Å². The van der Waals surface area contributed by atoms with Crippen LogP contribution in [0.15, 0.2) is 24.3 Å². The zero-order valence-electron chi connectivity index (χ0n) is 10.1. The maximum absolute atomic E-state index is 11.9. The van der Waals surface area contributed by atoms with Gasteiger partial charge in [0.05, 0.1) is 12.5 Å². The number of rotatable bonds is 2. The third-order valence-corrected chi connectivity index (χ3v) is 3.58. The van der Waals surface area contributed by atoms with Crippen LogP contribution in [0.1, 0.15) is 31.9 Å². The van der Waals surface area contributed by atoms with E-state index in [1.807, 2.05) is 19.1 Å². The van der Waals surface area contributed by atoms with Crippen molar-refractivity contribution in [2.45, 2.75) is 32.6 Å². The van der Waals surface area contributed by atoms with Gasteiger partial charge < -0.3 is 4.74 Å². The number of benzene rings is 1. The first-order valence-corrected chi connectivity index (χ1v) is 5.82. The summed E-state index contributed by atoms with van der Waals surface area (Å²) >= 11 is 0. The topological polar surface area (TPSA) is 26.3 Å². The van der Waals surface area contributed by atoms with Crippen LogP contribution in [-0.2, 0) is 21.4 Å². The van der Waals surface area contributed by atoms with E-state index in [-0.39, 0.29) is 17.3 Å². The van der Waals surface area contributed by atoms with Crippen molar-refractivity contribution in [3.8, 4) is 0 Å². The monoisotopic (exact) mass is 218 g/mol. The Balaban J connectivity index is 2.32. The average Bonchev–Trinajstić information content (AvgIpc) is 2.52. The van der Waals surface area contributed by atoms with Crippen molar-refractivity contribution in [1.82, 2.24) is 0 Å². The third-order valence-electron chi connectivity index (χ3n) is 3.58. The van der Waals surface area contributed by atoms with Crippen molar-refractivity contribution >= 4 is 5.97 Å². The molecule has 1 aliphatic rings. The minimum atomic E-state index is -0.108. The van der Waals surface area contributed by atoms with Gasteiger partial charge in [0.25, 0.3) is 0 Å². The van der Waals surface area contributed by atoms with Crippen molar-refractivity contribution in [2.24, 2.45) is 5.92 Å². The fraction of sp³-hybridized carbons (Fsp3) is 0.500. The standard InChI is InChI=1S/C14H18O2/c1-4-16-13(15)12-9-10-7-5-6-8-11(10)14(12,2)3/h5-8,12H,4,9H2,1-3H3. The van der Waals surface area contributed by atoms with Gasteiger partial charge >= 0.3 is 5.97 Å². The minimum absolute atomic E-state index is 0.0372. The predicted octanol–water partition coefficient (Wildman–Crippen LogP) is 2.70. The molecule has 0 radical (unpaired) electrons. The summed E-state index contributed by atoms with van der Waals surface area (Å²) in [6.07, 6.45) is 0.808. The van der Waals surface area contributed by atoms with Crippen LogP contribution < -0.4 is 0 Å². The molecule has 0 aromatic heterocycles. The Morgan fingerprint density at radius 2 is 2.12 bits per heavy atom. The molecule has 1 aliphatic carbocycles. The normalized spacial score (nSPS) is 21.6. The van der Waals surface area contributed by atoms with Gasteiger partial charge in [-0.2, -0.15) is 0 Å². The lowest BCUT2D eigenvalue weighted by molar-refractivity contribution is -0.149. The molecule has 2 nitrogen and oxygen atoms in total. The molecule has 0 amide bonds. The van der Waals surface area contributed by atoms with Crippen LogP contribution >= 0.6 is 0 Å². The SMILES string of the molecule is CCOC(=O)C1Cc2ccccc2C1(C)C. The van der Waals surface area contributed by atoms with Crippen LogP contribution in [0.4, 0.5) is 0 Å². The Morgan fingerprint density at radius 1 is 1.44 bits per heavy atom. The molecule has 1 unspecified atom stereocenters. The molecule has 0 aliphatic heterocycles. The highest BCUT2D eigenvalue weighted by Gasteiger charge is 2.43. The van der Waals surface area contributed by atoms with Crippen molar-refractivity contribution < 1.29 is 9.53 Å².